The first kappa shape index (κ1) is 23.2. The molecular formula is C20H41NO2Si. The van der Waals surface area contributed by atoms with Gasteiger partial charge >= 0.3 is 0 Å². The summed E-state index contributed by atoms with van der Waals surface area (Å²) in [6.45, 7) is 17.4. The van der Waals surface area contributed by atoms with Crippen molar-refractivity contribution in [3.05, 3.63) is 12.3 Å². The number of rotatable bonds is 12. The summed E-state index contributed by atoms with van der Waals surface area (Å²) in [7, 11) is -1.70. The maximum absolute atomic E-state index is 12.4. The standard InChI is InChI=1S/C20H41NO2Si/c1-8-10-16-21(17-11-9-2)19(22)15-13-12-14-18-23-24(6,7)20(3,4)5/h14,18H,8-13,15-17H2,1-7H3/b18-14+. The van der Waals surface area contributed by atoms with E-state index < -0.39 is 8.32 Å². The van der Waals surface area contributed by atoms with Gasteiger partial charge in [-0.3, -0.25) is 4.79 Å². The number of nitrogens with zero attached hydrogens (tertiary/aromatic N) is 1. The Kier molecular flexibility index (Phi) is 11.3. The van der Waals surface area contributed by atoms with Gasteiger partial charge in [0.25, 0.3) is 0 Å². The molecule has 0 saturated heterocycles. The van der Waals surface area contributed by atoms with Crippen molar-refractivity contribution in [1.29, 1.82) is 0 Å². The quantitative estimate of drug-likeness (QED) is 0.240. The lowest BCUT2D eigenvalue weighted by Crippen LogP contribution is -2.39. The first-order valence-corrected chi connectivity index (χ1v) is 12.7. The van der Waals surface area contributed by atoms with Crippen LogP contribution in [0.4, 0.5) is 0 Å². The first-order valence-electron chi connectivity index (χ1n) is 9.76. The second kappa shape index (κ2) is 11.7. The van der Waals surface area contributed by atoms with E-state index in [0.29, 0.717) is 12.3 Å². The van der Waals surface area contributed by atoms with Crippen LogP contribution in [0.1, 0.15) is 79.6 Å². The molecule has 0 aromatic heterocycles. The van der Waals surface area contributed by atoms with Crippen molar-refractivity contribution < 1.29 is 9.22 Å². The van der Waals surface area contributed by atoms with E-state index in [2.05, 4.69) is 58.7 Å². The van der Waals surface area contributed by atoms with Crippen molar-refractivity contribution in [2.45, 2.75) is 97.7 Å². The van der Waals surface area contributed by atoms with Gasteiger partial charge in [-0.2, -0.15) is 0 Å². The molecule has 0 unspecified atom stereocenters. The van der Waals surface area contributed by atoms with E-state index in [-0.39, 0.29) is 5.04 Å². The van der Waals surface area contributed by atoms with Crippen LogP contribution in [-0.4, -0.2) is 32.2 Å². The molecule has 142 valence electrons. The molecule has 0 atom stereocenters. The molecule has 0 aliphatic heterocycles. The van der Waals surface area contributed by atoms with Gasteiger partial charge in [0.15, 0.2) is 0 Å². The number of amides is 1. The molecule has 0 aliphatic carbocycles. The van der Waals surface area contributed by atoms with E-state index in [1.165, 1.54) is 0 Å². The molecule has 0 fully saturated rings. The summed E-state index contributed by atoms with van der Waals surface area (Å²) in [6, 6.07) is 0. The van der Waals surface area contributed by atoms with Crippen LogP contribution in [0.2, 0.25) is 18.1 Å². The zero-order chi connectivity index (χ0) is 18.6. The highest BCUT2D eigenvalue weighted by molar-refractivity contribution is 6.74. The smallest absolute Gasteiger partial charge is 0.249 e. The third kappa shape index (κ3) is 9.51. The number of allylic oxidation sites excluding steroid dienone is 1. The van der Waals surface area contributed by atoms with Crippen LogP contribution in [0.3, 0.4) is 0 Å². The summed E-state index contributed by atoms with van der Waals surface area (Å²) in [6.07, 6.45) is 10.9. The van der Waals surface area contributed by atoms with Crippen molar-refractivity contribution in [3.63, 3.8) is 0 Å². The van der Waals surface area contributed by atoms with Gasteiger partial charge < -0.3 is 9.33 Å². The molecule has 24 heavy (non-hydrogen) atoms. The van der Waals surface area contributed by atoms with Crippen LogP contribution in [-0.2, 0) is 9.22 Å². The van der Waals surface area contributed by atoms with Crippen LogP contribution >= 0.6 is 0 Å². The predicted octanol–water partition coefficient (Wildman–Crippen LogP) is 6.12. The Hall–Kier alpha value is -0.773. The van der Waals surface area contributed by atoms with Gasteiger partial charge in [0.2, 0.25) is 14.2 Å². The maximum atomic E-state index is 12.4. The zero-order valence-electron chi connectivity index (χ0n) is 17.3. The Bertz CT molecular complexity index is 364. The second-order valence-electron chi connectivity index (χ2n) is 8.23. The largest absolute Gasteiger partial charge is 0.549 e. The summed E-state index contributed by atoms with van der Waals surface area (Å²) in [4.78, 5) is 14.4. The molecule has 0 aliphatic rings. The highest BCUT2D eigenvalue weighted by atomic mass is 28.4. The molecule has 0 saturated carbocycles. The summed E-state index contributed by atoms with van der Waals surface area (Å²) in [5, 5.41) is 0.229. The number of carbonyl (C=O) groups excluding carboxylic acids is 1. The Morgan fingerprint density at radius 3 is 2.04 bits per heavy atom. The number of hydrogen-bond acceptors (Lipinski definition) is 2. The molecule has 0 aromatic carbocycles. The predicted molar refractivity (Wildman–Crippen MR) is 108 cm³/mol. The van der Waals surface area contributed by atoms with Crippen molar-refractivity contribution in [1.82, 2.24) is 4.90 Å². The molecule has 0 radical (unpaired) electrons. The molecule has 3 nitrogen and oxygen atoms in total. The van der Waals surface area contributed by atoms with E-state index in [4.69, 9.17) is 4.43 Å². The minimum absolute atomic E-state index is 0.229. The van der Waals surface area contributed by atoms with Gasteiger partial charge in [0, 0.05) is 19.5 Å². The summed E-state index contributed by atoms with van der Waals surface area (Å²) >= 11 is 0. The first-order chi connectivity index (χ1) is 11.2. The Morgan fingerprint density at radius 1 is 1.04 bits per heavy atom. The molecule has 0 rings (SSSR count). The highest BCUT2D eigenvalue weighted by Crippen LogP contribution is 2.36. The third-order valence-corrected chi connectivity index (χ3v) is 9.28. The van der Waals surface area contributed by atoms with Crippen molar-refractivity contribution in [2.75, 3.05) is 13.1 Å². The van der Waals surface area contributed by atoms with Gasteiger partial charge in [-0.25, -0.2) is 0 Å². The molecule has 0 heterocycles. The second-order valence-corrected chi connectivity index (χ2v) is 13.0. The van der Waals surface area contributed by atoms with Gasteiger partial charge in [0.05, 0.1) is 6.26 Å². The Balaban J connectivity index is 4.15. The highest BCUT2D eigenvalue weighted by Gasteiger charge is 2.37. The van der Waals surface area contributed by atoms with Crippen LogP contribution in [0.25, 0.3) is 0 Å². The zero-order valence-corrected chi connectivity index (χ0v) is 18.3. The van der Waals surface area contributed by atoms with E-state index in [1.54, 1.807) is 0 Å². The fourth-order valence-electron chi connectivity index (χ4n) is 2.05. The number of unbranched alkanes of at least 4 members (excludes halogenated alkanes) is 3. The van der Waals surface area contributed by atoms with Crippen molar-refractivity contribution >= 4 is 14.2 Å². The SMILES string of the molecule is CCCCN(CCCC)C(=O)CCC/C=C/O[Si](C)(C)C(C)(C)C. The summed E-state index contributed by atoms with van der Waals surface area (Å²) in [5.41, 5.74) is 0. The molecule has 0 aromatic rings. The lowest BCUT2D eigenvalue weighted by Gasteiger charge is -2.34. The third-order valence-electron chi connectivity index (χ3n) is 4.94. The molecule has 0 spiro atoms. The van der Waals surface area contributed by atoms with Gasteiger partial charge in [0.1, 0.15) is 0 Å². The maximum Gasteiger partial charge on any atom is 0.249 e. The Morgan fingerprint density at radius 2 is 1.58 bits per heavy atom. The fourth-order valence-corrected chi connectivity index (χ4v) is 2.84. The molecule has 0 N–H and O–H groups in total. The van der Waals surface area contributed by atoms with Crippen LogP contribution in [0.5, 0.6) is 0 Å². The summed E-state index contributed by atoms with van der Waals surface area (Å²) in [5.74, 6) is 0.315. The minimum atomic E-state index is -1.70. The average molecular weight is 356 g/mol. The van der Waals surface area contributed by atoms with Crippen molar-refractivity contribution in [2.24, 2.45) is 0 Å². The topological polar surface area (TPSA) is 29.5 Å². The molecule has 1 amide bonds. The molecular weight excluding hydrogens is 314 g/mol. The monoisotopic (exact) mass is 355 g/mol. The van der Waals surface area contributed by atoms with Gasteiger partial charge in [-0.05, 0) is 43.8 Å². The lowest BCUT2D eigenvalue weighted by molar-refractivity contribution is -0.131. The normalized spacial score (nSPS) is 12.6. The summed E-state index contributed by atoms with van der Waals surface area (Å²) < 4.78 is 6.02. The van der Waals surface area contributed by atoms with Gasteiger partial charge in [-0.15, -0.1) is 0 Å². The molecule has 0 bridgehead atoms. The van der Waals surface area contributed by atoms with E-state index in [9.17, 15) is 4.79 Å². The fraction of sp³-hybridized carbons (Fsp3) is 0.850. The van der Waals surface area contributed by atoms with E-state index >= 15 is 0 Å². The van der Waals surface area contributed by atoms with Crippen LogP contribution in [0.15, 0.2) is 12.3 Å². The lowest BCUT2D eigenvalue weighted by atomic mass is 10.2. The van der Waals surface area contributed by atoms with Gasteiger partial charge in [-0.1, -0.05) is 53.5 Å². The minimum Gasteiger partial charge on any atom is -0.549 e. The van der Waals surface area contributed by atoms with E-state index in [0.717, 1.165) is 51.6 Å². The van der Waals surface area contributed by atoms with Crippen molar-refractivity contribution in [3.8, 4) is 0 Å². The number of hydrogen-bond donors (Lipinski definition) is 0. The molecule has 4 heteroatoms. The van der Waals surface area contributed by atoms with E-state index in [1.807, 2.05) is 6.26 Å². The number of carbonyl (C=O) groups is 1. The van der Waals surface area contributed by atoms with Crippen LogP contribution in [0, 0.1) is 0 Å². The average Bonchev–Trinajstić information content (AvgIpc) is 2.49. The van der Waals surface area contributed by atoms with Crippen LogP contribution < -0.4 is 0 Å². The Labute approximate surface area is 152 Å².